The summed E-state index contributed by atoms with van der Waals surface area (Å²) in [5.41, 5.74) is 3.47. The van der Waals surface area contributed by atoms with Gasteiger partial charge < -0.3 is 4.90 Å². The molecule has 2 aromatic carbocycles. The third-order valence-electron chi connectivity index (χ3n) is 5.22. The lowest BCUT2D eigenvalue weighted by Gasteiger charge is -2.26. The number of amides is 1. The van der Waals surface area contributed by atoms with Crippen LogP contribution in [0.1, 0.15) is 53.3 Å². The second kappa shape index (κ2) is 6.52. The molecule has 0 aliphatic heterocycles. The summed E-state index contributed by atoms with van der Waals surface area (Å²) in [5, 5.41) is 0.875. The van der Waals surface area contributed by atoms with Crippen molar-refractivity contribution in [1.29, 1.82) is 0 Å². The summed E-state index contributed by atoms with van der Waals surface area (Å²) in [5.74, 6) is 0.164. The molecule has 1 fully saturated rings. The van der Waals surface area contributed by atoms with Gasteiger partial charge in [0.2, 0.25) is 0 Å². The number of pyridine rings is 1. The maximum Gasteiger partial charge on any atom is 0.254 e. The van der Waals surface area contributed by atoms with Crippen molar-refractivity contribution in [3.8, 4) is 0 Å². The van der Waals surface area contributed by atoms with E-state index in [2.05, 4.69) is 0 Å². The van der Waals surface area contributed by atoms with Gasteiger partial charge in [-0.05, 0) is 49.6 Å². The first kappa shape index (κ1) is 16.7. The van der Waals surface area contributed by atoms with Crippen LogP contribution in [0.3, 0.4) is 0 Å². The summed E-state index contributed by atoms with van der Waals surface area (Å²) in [7, 11) is 1.79. The number of halogens is 1. The number of hydrogen-bond acceptors (Lipinski definition) is 2. The monoisotopic (exact) mass is 348 g/mol. The third-order valence-corrected chi connectivity index (χ3v) is 5.22. The maximum atomic E-state index is 13.3. The molecule has 0 N–H and O–H groups in total. The van der Waals surface area contributed by atoms with Crippen LogP contribution in [-0.4, -0.2) is 22.8 Å². The highest BCUT2D eigenvalue weighted by Crippen LogP contribution is 2.40. The first-order valence-electron chi connectivity index (χ1n) is 8.97. The SMILES string of the molecule is CC(c1ccc(F)cc1)N(C)C(=O)c1cc(C2CC2)nc2ccccc12. The molecular formula is C22H21FN2O. The van der Waals surface area contributed by atoms with Gasteiger partial charge in [0, 0.05) is 24.0 Å². The lowest BCUT2D eigenvalue weighted by atomic mass is 10.0. The van der Waals surface area contributed by atoms with Crippen LogP contribution >= 0.6 is 0 Å². The molecule has 1 aromatic heterocycles. The standard InChI is InChI=1S/C22H21FN2O/c1-14(15-9-11-17(23)12-10-15)25(2)22(26)19-13-21(16-7-8-16)24-20-6-4-3-5-18(19)20/h3-6,9-14,16H,7-8H2,1-2H3. The maximum absolute atomic E-state index is 13.3. The van der Waals surface area contributed by atoms with E-state index in [1.165, 1.54) is 12.1 Å². The highest BCUT2D eigenvalue weighted by Gasteiger charge is 2.28. The Hall–Kier alpha value is -2.75. The molecule has 0 radical (unpaired) electrons. The van der Waals surface area contributed by atoms with Gasteiger partial charge in [-0.15, -0.1) is 0 Å². The van der Waals surface area contributed by atoms with Gasteiger partial charge in [-0.25, -0.2) is 4.39 Å². The molecule has 4 rings (SSSR count). The van der Waals surface area contributed by atoms with Crippen molar-refractivity contribution in [2.24, 2.45) is 0 Å². The zero-order valence-corrected chi connectivity index (χ0v) is 14.9. The number of rotatable bonds is 4. The number of para-hydroxylation sites is 1. The van der Waals surface area contributed by atoms with Crippen molar-refractivity contribution in [1.82, 2.24) is 9.88 Å². The lowest BCUT2D eigenvalue weighted by Crippen LogP contribution is -2.30. The van der Waals surface area contributed by atoms with Gasteiger partial charge in [0.1, 0.15) is 5.82 Å². The molecule has 1 atom stereocenters. The Labute approximate surface area is 152 Å². The van der Waals surface area contributed by atoms with Crippen molar-refractivity contribution >= 4 is 16.8 Å². The molecule has 132 valence electrons. The third kappa shape index (κ3) is 3.07. The summed E-state index contributed by atoms with van der Waals surface area (Å²) in [6.07, 6.45) is 2.28. The molecule has 1 unspecified atom stereocenters. The molecular weight excluding hydrogens is 327 g/mol. The highest BCUT2D eigenvalue weighted by atomic mass is 19.1. The summed E-state index contributed by atoms with van der Waals surface area (Å²) >= 11 is 0. The normalized spacial score (nSPS) is 15.0. The van der Waals surface area contributed by atoms with Crippen LogP contribution in [0.2, 0.25) is 0 Å². The van der Waals surface area contributed by atoms with Crippen LogP contribution in [0.5, 0.6) is 0 Å². The Morgan fingerprint density at radius 1 is 1.15 bits per heavy atom. The van der Waals surface area contributed by atoms with Crippen LogP contribution in [0.15, 0.2) is 54.6 Å². The topological polar surface area (TPSA) is 33.2 Å². The minimum atomic E-state index is -0.274. The summed E-state index contributed by atoms with van der Waals surface area (Å²) < 4.78 is 13.2. The Morgan fingerprint density at radius 2 is 1.85 bits per heavy atom. The lowest BCUT2D eigenvalue weighted by molar-refractivity contribution is 0.0744. The molecule has 3 aromatic rings. The average Bonchev–Trinajstić information content (AvgIpc) is 3.51. The largest absolute Gasteiger partial charge is 0.335 e. The first-order chi connectivity index (χ1) is 12.5. The molecule has 1 aliphatic carbocycles. The molecule has 26 heavy (non-hydrogen) atoms. The van der Waals surface area contributed by atoms with Crippen LogP contribution in [0.25, 0.3) is 10.9 Å². The van der Waals surface area contributed by atoms with Crippen molar-refractivity contribution in [3.05, 3.63) is 77.2 Å². The van der Waals surface area contributed by atoms with Crippen molar-refractivity contribution in [3.63, 3.8) is 0 Å². The summed E-state index contributed by atoms with van der Waals surface area (Å²) in [6, 6.07) is 15.9. The van der Waals surface area contributed by atoms with Gasteiger partial charge in [0.25, 0.3) is 5.91 Å². The number of aromatic nitrogens is 1. The first-order valence-corrected chi connectivity index (χ1v) is 8.97. The fourth-order valence-electron chi connectivity index (χ4n) is 3.29. The summed E-state index contributed by atoms with van der Waals surface area (Å²) in [6.45, 7) is 1.95. The molecule has 1 aliphatic rings. The summed E-state index contributed by atoms with van der Waals surface area (Å²) in [4.78, 5) is 19.7. The average molecular weight is 348 g/mol. The van der Waals surface area contributed by atoms with Gasteiger partial charge in [-0.2, -0.15) is 0 Å². The molecule has 0 spiro atoms. The van der Waals surface area contributed by atoms with E-state index < -0.39 is 0 Å². The Balaban J connectivity index is 1.71. The predicted octanol–water partition coefficient (Wildman–Crippen LogP) is 5.08. The predicted molar refractivity (Wildman–Crippen MR) is 101 cm³/mol. The van der Waals surface area contributed by atoms with Gasteiger partial charge in [0.05, 0.1) is 17.1 Å². The van der Waals surface area contributed by atoms with Crippen molar-refractivity contribution < 1.29 is 9.18 Å². The molecule has 3 nitrogen and oxygen atoms in total. The fraction of sp³-hybridized carbons (Fsp3) is 0.273. The highest BCUT2D eigenvalue weighted by molar-refractivity contribution is 6.06. The van der Waals surface area contributed by atoms with Crippen molar-refractivity contribution in [2.75, 3.05) is 7.05 Å². The van der Waals surface area contributed by atoms with Gasteiger partial charge in [0.15, 0.2) is 0 Å². The van der Waals surface area contributed by atoms with Crippen molar-refractivity contribution in [2.45, 2.75) is 31.7 Å². The molecule has 0 saturated heterocycles. The quantitative estimate of drug-likeness (QED) is 0.658. The molecule has 0 bridgehead atoms. The molecule has 1 saturated carbocycles. The zero-order chi connectivity index (χ0) is 18.3. The van der Waals surface area contributed by atoms with Crippen LogP contribution < -0.4 is 0 Å². The second-order valence-corrected chi connectivity index (χ2v) is 7.03. The van der Waals surface area contributed by atoms with E-state index in [-0.39, 0.29) is 17.8 Å². The minimum absolute atomic E-state index is 0.0395. The van der Waals surface area contributed by atoms with Crippen LogP contribution in [0, 0.1) is 5.82 Å². The molecule has 1 amide bonds. The number of benzene rings is 2. The zero-order valence-electron chi connectivity index (χ0n) is 14.9. The van der Waals surface area contributed by atoms with E-state index in [9.17, 15) is 9.18 Å². The van der Waals surface area contributed by atoms with Gasteiger partial charge in [-0.1, -0.05) is 30.3 Å². The number of carbonyl (C=O) groups is 1. The van der Waals surface area contributed by atoms with E-state index >= 15 is 0 Å². The van der Waals surface area contributed by atoms with E-state index in [1.54, 1.807) is 24.1 Å². The number of carbonyl (C=O) groups excluding carboxylic acids is 1. The van der Waals surface area contributed by atoms with Gasteiger partial charge in [-0.3, -0.25) is 9.78 Å². The Bertz CT molecular complexity index is 964. The smallest absolute Gasteiger partial charge is 0.254 e. The molecule has 1 heterocycles. The van der Waals surface area contributed by atoms with E-state index in [0.717, 1.165) is 35.0 Å². The second-order valence-electron chi connectivity index (χ2n) is 7.03. The van der Waals surface area contributed by atoms with Crippen LogP contribution in [-0.2, 0) is 0 Å². The van der Waals surface area contributed by atoms with E-state index in [0.29, 0.717) is 11.5 Å². The Kier molecular flexibility index (Phi) is 4.19. The van der Waals surface area contributed by atoms with Crippen LogP contribution in [0.4, 0.5) is 4.39 Å². The number of hydrogen-bond donors (Lipinski definition) is 0. The number of fused-ring (bicyclic) bond motifs is 1. The molecule has 4 heteroatoms. The van der Waals surface area contributed by atoms with E-state index in [1.807, 2.05) is 37.3 Å². The van der Waals surface area contributed by atoms with E-state index in [4.69, 9.17) is 4.98 Å². The fourth-order valence-corrected chi connectivity index (χ4v) is 3.29. The van der Waals surface area contributed by atoms with Gasteiger partial charge >= 0.3 is 0 Å². The Morgan fingerprint density at radius 3 is 2.54 bits per heavy atom. The minimum Gasteiger partial charge on any atom is -0.335 e. The number of nitrogens with zero attached hydrogens (tertiary/aromatic N) is 2.